The number of alkyl halides is 1. The highest BCUT2D eigenvalue weighted by Crippen LogP contribution is 2.18. The molecular formula is C66H74Cl2F4N6O12S. The van der Waals surface area contributed by atoms with Crippen molar-refractivity contribution < 1.29 is 73.8 Å². The van der Waals surface area contributed by atoms with Gasteiger partial charge in [-0.3, -0.25) is 28.5 Å². The fourth-order valence-corrected chi connectivity index (χ4v) is 6.51. The van der Waals surface area contributed by atoms with Gasteiger partial charge in [0.05, 0.1) is 24.4 Å². The van der Waals surface area contributed by atoms with Crippen molar-refractivity contribution in [1.82, 2.24) is 10.6 Å². The van der Waals surface area contributed by atoms with Crippen LogP contribution in [0.25, 0.3) is 0 Å². The summed E-state index contributed by atoms with van der Waals surface area (Å²) in [6.45, 7) is 7.02. The Morgan fingerprint density at radius 1 is 0.495 bits per heavy atom. The van der Waals surface area contributed by atoms with Crippen LogP contribution in [0.5, 0.6) is 23.0 Å². The molecule has 0 aliphatic carbocycles. The van der Waals surface area contributed by atoms with Crippen LogP contribution in [0.2, 0.25) is 0 Å². The minimum absolute atomic E-state index is 0. The summed E-state index contributed by atoms with van der Waals surface area (Å²) in [5.74, 6) is 0.345. The monoisotopic (exact) mass is 1320 g/mol. The molecule has 0 fully saturated rings. The van der Waals surface area contributed by atoms with Gasteiger partial charge in [0.25, 0.3) is 10.1 Å². The van der Waals surface area contributed by atoms with E-state index in [2.05, 4.69) is 16.4 Å². The molecule has 0 spiro atoms. The van der Waals surface area contributed by atoms with Crippen LogP contribution in [0.1, 0.15) is 74.9 Å². The Morgan fingerprint density at radius 2 is 0.758 bits per heavy atom. The zero-order valence-corrected chi connectivity index (χ0v) is 52.5. The van der Waals surface area contributed by atoms with Gasteiger partial charge in [0.1, 0.15) is 78.7 Å². The second-order valence-corrected chi connectivity index (χ2v) is 20.9. The molecule has 91 heavy (non-hydrogen) atoms. The molecule has 0 aliphatic heterocycles. The zero-order chi connectivity index (χ0) is 67.0. The zero-order valence-electron chi connectivity index (χ0n) is 50.1. The van der Waals surface area contributed by atoms with Crippen molar-refractivity contribution in [1.29, 1.82) is 0 Å². The highest BCUT2D eigenvalue weighted by atomic mass is 35.5. The maximum Gasteiger partial charge on any atom is 0.261 e. The Morgan fingerprint density at radius 3 is 1.00 bits per heavy atom. The van der Waals surface area contributed by atoms with Crippen LogP contribution in [-0.4, -0.2) is 72.8 Å². The molecule has 3 amide bonds. The highest BCUT2D eigenvalue weighted by molar-refractivity contribution is 7.85. The average Bonchev–Trinajstić information content (AvgIpc) is 3.02. The van der Waals surface area contributed by atoms with E-state index in [0.717, 1.165) is 46.0 Å². The van der Waals surface area contributed by atoms with E-state index >= 15 is 0 Å². The number of ether oxygens (including phenoxy) is 3. The third-order valence-corrected chi connectivity index (χ3v) is 11.7. The van der Waals surface area contributed by atoms with Crippen molar-refractivity contribution in [3.8, 4) is 23.0 Å². The molecule has 8 aromatic carbocycles. The number of amides is 3. The summed E-state index contributed by atoms with van der Waals surface area (Å²) in [6.07, 6.45) is 2.22. The summed E-state index contributed by atoms with van der Waals surface area (Å²) in [5.41, 5.74) is 26.4. The number of aromatic hydroxyl groups is 1. The lowest BCUT2D eigenvalue weighted by atomic mass is 10.2. The van der Waals surface area contributed by atoms with E-state index in [1.54, 1.807) is 93.6 Å². The standard InChI is InChI=1S/2C17H19FN2O2.C14H11FO2.C7H6ClF.C7H6O2.C3H8N2O.CH4O3S.ClH/c2*1-12(17(19)21)20-10-13-5-7-16(8-6-13)22-11-14-3-2-4-15(18)9-14;15-13-3-1-2-12(8-13)10-17-14-6-4-11(9-16)5-7-14;8-5-6-2-1-3-7(9)4-6;8-5-6-1-3-7(9)4-2-6;1-2(4)3(5)6;1-5(2,3)4;/h2*2-9,12,20H,10-11H2,1H3,(H2,19,21);1-9H,10H2;1-4H,5H2;1-5,9H;2H,4H2,1H3,(H2,5,6);1H3,(H,2,3,4);1H/t2*12-;;;;2-;;/m00...0../s1. The second-order valence-electron chi connectivity index (χ2n) is 19.1. The van der Waals surface area contributed by atoms with E-state index in [0.29, 0.717) is 73.4 Å². The molecule has 0 unspecified atom stereocenters. The molecule has 25 heteroatoms. The van der Waals surface area contributed by atoms with Crippen LogP contribution in [0.15, 0.2) is 194 Å². The number of phenolic OH excluding ortho intramolecular Hbond substituents is 1. The van der Waals surface area contributed by atoms with E-state index in [-0.39, 0.29) is 65.3 Å². The molecule has 0 saturated heterocycles. The number of nitrogens with one attached hydrogen (secondary N) is 2. The molecule has 0 saturated carbocycles. The van der Waals surface area contributed by atoms with E-state index in [4.69, 9.17) is 52.7 Å². The first-order chi connectivity index (χ1) is 42.7. The van der Waals surface area contributed by atoms with E-state index in [1.807, 2.05) is 60.7 Å². The number of nitrogens with two attached hydrogens (primary N) is 4. The van der Waals surface area contributed by atoms with Gasteiger partial charge in [-0.05, 0) is 175 Å². The number of phenols is 1. The van der Waals surface area contributed by atoms with E-state index < -0.39 is 22.1 Å². The predicted molar refractivity (Wildman–Crippen MR) is 345 cm³/mol. The van der Waals surface area contributed by atoms with E-state index in [1.165, 1.54) is 60.7 Å². The smallest absolute Gasteiger partial charge is 0.261 e. The summed E-state index contributed by atoms with van der Waals surface area (Å²) in [4.78, 5) is 52.1. The number of carbonyl (C=O) groups excluding carboxylic acids is 5. The molecule has 8 aromatic rings. The van der Waals surface area contributed by atoms with Gasteiger partial charge in [0.15, 0.2) is 0 Å². The molecule has 18 nitrogen and oxygen atoms in total. The number of aldehydes is 2. The summed E-state index contributed by atoms with van der Waals surface area (Å²) < 4.78 is 93.8. The van der Waals surface area contributed by atoms with Gasteiger partial charge in [-0.15, -0.1) is 24.0 Å². The summed E-state index contributed by atoms with van der Waals surface area (Å²) >= 11 is 5.43. The van der Waals surface area contributed by atoms with Crippen LogP contribution in [0.4, 0.5) is 17.6 Å². The molecule has 3 atom stereocenters. The third-order valence-electron chi connectivity index (χ3n) is 11.3. The minimum atomic E-state index is -3.67. The first-order valence-electron chi connectivity index (χ1n) is 27.1. The van der Waals surface area contributed by atoms with Crippen LogP contribution >= 0.6 is 24.0 Å². The normalized spacial score (nSPS) is 11.0. The highest BCUT2D eigenvalue weighted by Gasteiger charge is 2.09. The molecule has 0 aromatic heterocycles. The molecule has 0 heterocycles. The number of carbonyl (C=O) groups is 5. The molecule has 12 N–H and O–H groups in total. The molecule has 0 aliphatic rings. The van der Waals surface area contributed by atoms with Gasteiger partial charge in [-0.25, -0.2) is 17.6 Å². The Kier molecular flexibility index (Phi) is 38.8. The fraction of sp³-hybridized carbons (Fsp3) is 0.197. The first kappa shape index (κ1) is 79.8. The van der Waals surface area contributed by atoms with Gasteiger partial charge in [-0.1, -0.05) is 72.8 Å². The summed E-state index contributed by atoms with van der Waals surface area (Å²) in [5, 5.41) is 14.8. The van der Waals surface area contributed by atoms with Gasteiger partial charge in [-0.2, -0.15) is 8.42 Å². The maximum atomic E-state index is 13.1. The maximum absolute atomic E-state index is 13.1. The van der Waals surface area contributed by atoms with Crippen molar-refractivity contribution in [3.63, 3.8) is 0 Å². The average molecular weight is 1320 g/mol. The Hall–Kier alpha value is -9.20. The first-order valence-corrected chi connectivity index (χ1v) is 29.5. The quantitative estimate of drug-likeness (QED) is 0.0144. The number of hydrogen-bond acceptors (Lipinski definition) is 14. The largest absolute Gasteiger partial charge is 0.508 e. The molecule has 0 bridgehead atoms. The Balaban J connectivity index is 0.000000562. The number of halogens is 6. The minimum Gasteiger partial charge on any atom is -0.508 e. The van der Waals surface area contributed by atoms with Crippen LogP contribution < -0.4 is 47.8 Å². The number of primary amides is 3. The number of rotatable bonds is 21. The molecule has 0 radical (unpaired) electrons. The summed E-state index contributed by atoms with van der Waals surface area (Å²) in [6, 6.07) is 51.7. The Labute approximate surface area is 538 Å². The Bertz CT molecular complexity index is 3430. The van der Waals surface area contributed by atoms with Crippen LogP contribution in [0.3, 0.4) is 0 Å². The van der Waals surface area contributed by atoms with Crippen molar-refractivity contribution >= 4 is 64.4 Å². The van der Waals surface area contributed by atoms with Crippen LogP contribution in [-0.2, 0) is 63.3 Å². The van der Waals surface area contributed by atoms with E-state index in [9.17, 15) is 50.0 Å². The van der Waals surface area contributed by atoms with Crippen molar-refractivity contribution in [2.75, 3.05) is 6.26 Å². The second kappa shape index (κ2) is 44.3. The van der Waals surface area contributed by atoms with Gasteiger partial charge < -0.3 is 52.9 Å². The van der Waals surface area contributed by atoms with Gasteiger partial charge in [0.2, 0.25) is 17.7 Å². The molecule has 8 rings (SSSR count). The predicted octanol–water partition coefficient (Wildman–Crippen LogP) is 10.5. The van der Waals surface area contributed by atoms with Crippen molar-refractivity contribution in [2.45, 2.75) is 77.7 Å². The SMILES string of the molecule is CS(=O)(=O)O.C[C@H](N)C(N)=O.C[C@H](NCc1ccc(OCc2cccc(F)c2)cc1)C(N)=O.C[C@H](NCc1ccc(OCc2cccc(F)c2)cc1)C(N)=O.Cl.Fc1cccc(CCl)c1.O=Cc1ccc(O)cc1.O=Cc1ccc(OCc2cccc(F)c2)cc1. The lowest BCUT2D eigenvalue weighted by molar-refractivity contribution is -0.120. The number of benzene rings is 8. The lowest BCUT2D eigenvalue weighted by Crippen LogP contribution is -2.38. The summed E-state index contributed by atoms with van der Waals surface area (Å²) in [7, 11) is -3.67. The third kappa shape index (κ3) is 38.7. The van der Waals surface area contributed by atoms with Crippen LogP contribution in [0, 0.1) is 23.3 Å². The topological polar surface area (TPSA) is 316 Å². The van der Waals surface area contributed by atoms with Crippen molar-refractivity contribution in [3.05, 3.63) is 262 Å². The van der Waals surface area contributed by atoms with Crippen molar-refractivity contribution in [2.24, 2.45) is 22.9 Å². The number of hydrogen-bond donors (Lipinski definition) is 8. The molecule has 488 valence electrons. The molecular weight excluding hydrogens is 1250 g/mol. The van der Waals surface area contributed by atoms with Gasteiger partial charge in [0, 0.05) is 30.1 Å². The lowest BCUT2D eigenvalue weighted by Gasteiger charge is -2.11. The fourth-order valence-electron chi connectivity index (χ4n) is 6.35. The van der Waals surface area contributed by atoms with Gasteiger partial charge >= 0.3 is 0 Å².